The van der Waals surface area contributed by atoms with Crippen molar-refractivity contribution in [1.29, 1.82) is 0 Å². The molecule has 0 fully saturated rings. The van der Waals surface area contributed by atoms with Crippen molar-refractivity contribution in [2.45, 2.75) is 19.2 Å². The Labute approximate surface area is 233 Å². The molecule has 5 heterocycles. The van der Waals surface area contributed by atoms with Crippen LogP contribution < -0.4 is 16.0 Å². The molecule has 3 amide bonds. The predicted molar refractivity (Wildman–Crippen MR) is 139 cm³/mol. The van der Waals surface area contributed by atoms with Crippen molar-refractivity contribution in [3.63, 3.8) is 0 Å². The van der Waals surface area contributed by atoms with Crippen LogP contribution in [0.5, 0.6) is 0 Å². The number of pyridine rings is 1. The summed E-state index contributed by atoms with van der Waals surface area (Å²) in [5.41, 5.74) is -0.354. The van der Waals surface area contributed by atoms with Gasteiger partial charge >= 0.3 is 12.2 Å². The Bertz CT molecular complexity index is 1730. The Kier molecular flexibility index (Phi) is 7.34. The molecule has 5 rings (SSSR count). The van der Waals surface area contributed by atoms with Crippen LogP contribution in [0.2, 0.25) is 5.15 Å². The molecule has 0 aliphatic rings. The first-order valence-electron chi connectivity index (χ1n) is 11.7. The molecule has 5 aromatic rings. The SMILES string of the molecule is CO[C@@H](C)c1c(NC(=O)Nc2cnc(-n3cc(NC(=O)c4ccco4)cn3)c(C(F)(F)F)c2)cnc2cc(Cl)nn12. The van der Waals surface area contributed by atoms with E-state index in [1.165, 1.54) is 42.3 Å². The summed E-state index contributed by atoms with van der Waals surface area (Å²) in [6, 6.07) is 4.28. The monoisotopic (exact) mass is 589 g/mol. The number of urea groups is 1. The summed E-state index contributed by atoms with van der Waals surface area (Å²) in [6.45, 7) is 1.70. The second-order valence-corrected chi connectivity index (χ2v) is 8.84. The molecule has 0 unspecified atom stereocenters. The zero-order valence-corrected chi connectivity index (χ0v) is 21.9. The van der Waals surface area contributed by atoms with Gasteiger partial charge in [-0.15, -0.1) is 0 Å². The molecule has 212 valence electrons. The molecule has 17 heteroatoms. The Balaban J connectivity index is 1.38. The minimum Gasteiger partial charge on any atom is -0.459 e. The van der Waals surface area contributed by atoms with Gasteiger partial charge in [0.1, 0.15) is 5.56 Å². The van der Waals surface area contributed by atoms with Crippen molar-refractivity contribution in [3.8, 4) is 5.82 Å². The summed E-state index contributed by atoms with van der Waals surface area (Å²) in [5.74, 6) is -1.19. The van der Waals surface area contributed by atoms with E-state index >= 15 is 0 Å². The Morgan fingerprint density at radius 3 is 2.61 bits per heavy atom. The fourth-order valence-corrected chi connectivity index (χ4v) is 4.00. The summed E-state index contributed by atoms with van der Waals surface area (Å²) in [7, 11) is 1.45. The molecule has 0 saturated heterocycles. The number of furan rings is 1. The predicted octanol–water partition coefficient (Wildman–Crippen LogP) is 5.18. The van der Waals surface area contributed by atoms with Crippen molar-refractivity contribution in [2.24, 2.45) is 0 Å². The van der Waals surface area contributed by atoms with E-state index in [-0.39, 0.29) is 28.0 Å². The van der Waals surface area contributed by atoms with Gasteiger partial charge in [0.2, 0.25) is 0 Å². The van der Waals surface area contributed by atoms with Crippen LogP contribution in [0.4, 0.5) is 35.0 Å². The van der Waals surface area contributed by atoms with Gasteiger partial charge in [0, 0.05) is 13.2 Å². The lowest BCUT2D eigenvalue weighted by molar-refractivity contribution is -0.137. The van der Waals surface area contributed by atoms with Crippen LogP contribution in [0.3, 0.4) is 0 Å². The highest BCUT2D eigenvalue weighted by Crippen LogP contribution is 2.35. The number of methoxy groups -OCH3 is 1. The van der Waals surface area contributed by atoms with E-state index in [2.05, 4.69) is 36.1 Å². The number of amides is 3. The largest absolute Gasteiger partial charge is 0.459 e. The number of halogens is 4. The number of nitrogens with one attached hydrogen (secondary N) is 3. The molecule has 1 atom stereocenters. The van der Waals surface area contributed by atoms with E-state index in [4.69, 9.17) is 20.8 Å². The number of ether oxygens (including phenoxy) is 1. The Morgan fingerprint density at radius 1 is 1.10 bits per heavy atom. The number of carbonyl (C=O) groups excluding carboxylic acids is 2. The number of rotatable bonds is 7. The van der Waals surface area contributed by atoms with Crippen LogP contribution in [-0.2, 0) is 10.9 Å². The van der Waals surface area contributed by atoms with Crippen LogP contribution in [0.15, 0.2) is 59.7 Å². The number of alkyl halides is 3. The lowest BCUT2D eigenvalue weighted by atomic mass is 10.2. The molecule has 0 bridgehead atoms. The molecule has 5 aromatic heterocycles. The van der Waals surface area contributed by atoms with Crippen LogP contribution in [-0.4, -0.2) is 48.4 Å². The van der Waals surface area contributed by atoms with Gasteiger partial charge in [0.15, 0.2) is 22.4 Å². The number of hydrogen-bond acceptors (Lipinski definition) is 8. The normalized spacial score (nSPS) is 12.3. The smallest absolute Gasteiger partial charge is 0.420 e. The van der Waals surface area contributed by atoms with Gasteiger partial charge in [-0.1, -0.05) is 11.6 Å². The zero-order valence-electron chi connectivity index (χ0n) is 21.1. The minimum atomic E-state index is -4.87. The van der Waals surface area contributed by atoms with E-state index < -0.39 is 35.6 Å². The van der Waals surface area contributed by atoms with Crippen molar-refractivity contribution >= 4 is 46.2 Å². The molecule has 0 radical (unpaired) electrons. The topological polar surface area (TPSA) is 153 Å². The Hall–Kier alpha value is -4.96. The van der Waals surface area contributed by atoms with Gasteiger partial charge in [-0.05, 0) is 25.1 Å². The number of nitrogens with zero attached hydrogens (tertiary/aromatic N) is 6. The first-order valence-corrected chi connectivity index (χ1v) is 12.0. The maximum Gasteiger partial charge on any atom is 0.420 e. The number of fused-ring (bicyclic) bond motifs is 1. The van der Waals surface area contributed by atoms with E-state index in [1.807, 2.05) is 0 Å². The standard InChI is InChI=1S/C24H19ClF3N9O4/c1-12(40-2)20-16(10-29-19-7-18(25)35-37(19)20)34-23(39)33-13-6-15(24(26,27)28)21(30-8-13)36-11-14(9-31-36)32-22(38)17-4-3-5-41-17/h3-12H,1-2H3,(H,32,38)(H2,33,34,39)/t12-/m0/s1. The van der Waals surface area contributed by atoms with E-state index in [0.29, 0.717) is 17.4 Å². The molecule has 0 spiro atoms. The van der Waals surface area contributed by atoms with Gasteiger partial charge in [0.25, 0.3) is 5.91 Å². The van der Waals surface area contributed by atoms with Gasteiger partial charge in [-0.3, -0.25) is 4.79 Å². The number of hydrogen-bond donors (Lipinski definition) is 3. The van der Waals surface area contributed by atoms with Crippen LogP contribution >= 0.6 is 11.6 Å². The number of aromatic nitrogens is 6. The minimum absolute atomic E-state index is 0.00785. The highest BCUT2D eigenvalue weighted by atomic mass is 35.5. The fraction of sp³-hybridized carbons (Fsp3) is 0.167. The molecule has 0 aromatic carbocycles. The van der Waals surface area contributed by atoms with Gasteiger partial charge in [-0.2, -0.15) is 23.4 Å². The molecular weight excluding hydrogens is 571 g/mol. The van der Waals surface area contributed by atoms with Crippen molar-refractivity contribution in [3.05, 3.63) is 77.5 Å². The lowest BCUT2D eigenvalue weighted by Gasteiger charge is -2.17. The summed E-state index contributed by atoms with van der Waals surface area (Å²) in [4.78, 5) is 33.0. The third-order valence-corrected chi connectivity index (χ3v) is 5.89. The average molecular weight is 590 g/mol. The average Bonchev–Trinajstić information content (AvgIpc) is 3.68. The van der Waals surface area contributed by atoms with Gasteiger partial charge < -0.3 is 25.1 Å². The summed E-state index contributed by atoms with van der Waals surface area (Å²) in [6.07, 6.45) is 0.556. The van der Waals surface area contributed by atoms with Crippen molar-refractivity contribution in [2.75, 3.05) is 23.1 Å². The van der Waals surface area contributed by atoms with Crippen molar-refractivity contribution < 1.29 is 31.9 Å². The van der Waals surface area contributed by atoms with E-state index in [9.17, 15) is 22.8 Å². The lowest BCUT2D eigenvalue weighted by Crippen LogP contribution is -2.23. The van der Waals surface area contributed by atoms with Crippen LogP contribution in [0.1, 0.15) is 34.8 Å². The van der Waals surface area contributed by atoms with Crippen LogP contribution in [0, 0.1) is 0 Å². The molecule has 3 N–H and O–H groups in total. The summed E-state index contributed by atoms with van der Waals surface area (Å²) >= 11 is 5.98. The van der Waals surface area contributed by atoms with Gasteiger partial charge in [-0.25, -0.2) is 24.0 Å². The third-order valence-electron chi connectivity index (χ3n) is 5.71. The van der Waals surface area contributed by atoms with Crippen molar-refractivity contribution in [1.82, 2.24) is 29.4 Å². The van der Waals surface area contributed by atoms with Crippen LogP contribution in [0.25, 0.3) is 11.5 Å². The second kappa shape index (κ2) is 10.9. The summed E-state index contributed by atoms with van der Waals surface area (Å²) < 4.78 is 54.6. The maximum atomic E-state index is 14.0. The van der Waals surface area contributed by atoms with E-state index in [1.54, 1.807) is 6.92 Å². The number of anilines is 3. The highest BCUT2D eigenvalue weighted by Gasteiger charge is 2.36. The van der Waals surface area contributed by atoms with Gasteiger partial charge in [0.05, 0.1) is 59.9 Å². The molecule has 0 aliphatic heterocycles. The molecule has 0 saturated carbocycles. The quantitative estimate of drug-likeness (QED) is 0.235. The first-order chi connectivity index (χ1) is 19.5. The molecule has 41 heavy (non-hydrogen) atoms. The fourth-order valence-electron chi connectivity index (χ4n) is 3.83. The molecule has 13 nitrogen and oxygen atoms in total. The molecular formula is C24H19ClF3N9O4. The second-order valence-electron chi connectivity index (χ2n) is 8.45. The third kappa shape index (κ3) is 5.82. The van der Waals surface area contributed by atoms with E-state index in [0.717, 1.165) is 23.3 Å². The highest BCUT2D eigenvalue weighted by molar-refractivity contribution is 6.29. The molecule has 0 aliphatic carbocycles. The zero-order chi connectivity index (χ0) is 29.3. The Morgan fingerprint density at radius 2 is 1.90 bits per heavy atom. The maximum absolute atomic E-state index is 14.0. The number of carbonyl (C=O) groups is 2. The summed E-state index contributed by atoms with van der Waals surface area (Å²) in [5, 5.41) is 15.5. The first kappa shape index (κ1) is 27.6.